The van der Waals surface area contributed by atoms with Gasteiger partial charge in [0.05, 0.1) is 16.7 Å². The molecule has 2 aromatic heterocycles. The molecule has 0 unspecified atom stereocenters. The number of hydrogen-bond acceptors (Lipinski definition) is 3. The summed E-state index contributed by atoms with van der Waals surface area (Å²) in [7, 11) is 0. The fourth-order valence-electron chi connectivity index (χ4n) is 1.87. The molecule has 0 spiro atoms. The lowest BCUT2D eigenvalue weighted by Gasteiger charge is -2.07. The van der Waals surface area contributed by atoms with Gasteiger partial charge in [-0.1, -0.05) is 6.07 Å². The van der Waals surface area contributed by atoms with Crippen molar-refractivity contribution in [2.75, 3.05) is 5.32 Å². The van der Waals surface area contributed by atoms with E-state index in [2.05, 4.69) is 36.2 Å². The third-order valence-corrected chi connectivity index (χ3v) is 3.46. The van der Waals surface area contributed by atoms with Gasteiger partial charge in [0.2, 0.25) is 5.95 Å². The van der Waals surface area contributed by atoms with Crippen molar-refractivity contribution in [2.24, 2.45) is 0 Å². The van der Waals surface area contributed by atoms with Crippen LogP contribution in [0, 0.1) is 5.95 Å². The molecule has 1 amide bonds. The number of nitrogens with zero attached hydrogens (tertiary/aromatic N) is 1. The van der Waals surface area contributed by atoms with Gasteiger partial charge in [0.1, 0.15) is 5.69 Å². The highest BCUT2D eigenvalue weighted by Gasteiger charge is 2.12. The van der Waals surface area contributed by atoms with Gasteiger partial charge in [0.25, 0.3) is 5.91 Å². The van der Waals surface area contributed by atoms with Crippen molar-refractivity contribution in [3.63, 3.8) is 0 Å². The topological polar surface area (TPSA) is 90.6 Å². The van der Waals surface area contributed by atoms with Gasteiger partial charge < -0.3 is 15.3 Å². The minimum absolute atomic E-state index is 0.0374. The van der Waals surface area contributed by atoms with Crippen molar-refractivity contribution in [3.05, 3.63) is 56.9 Å². The van der Waals surface area contributed by atoms with Crippen molar-refractivity contribution in [1.82, 2.24) is 15.0 Å². The molecule has 21 heavy (non-hydrogen) atoms. The molecule has 3 rings (SSSR count). The maximum atomic E-state index is 13.0. The van der Waals surface area contributed by atoms with Gasteiger partial charge in [-0.25, -0.2) is 9.78 Å². The maximum Gasteiger partial charge on any atom is 0.323 e. The normalized spacial score (nSPS) is 10.8. The molecule has 3 aromatic rings. The van der Waals surface area contributed by atoms with Crippen LogP contribution < -0.4 is 11.0 Å². The molecule has 2 heterocycles. The van der Waals surface area contributed by atoms with Crippen molar-refractivity contribution in [2.45, 2.75) is 0 Å². The Morgan fingerprint density at radius 1 is 1.24 bits per heavy atom. The molecule has 0 fully saturated rings. The summed E-state index contributed by atoms with van der Waals surface area (Å²) in [6, 6.07) is 7.21. The van der Waals surface area contributed by atoms with E-state index in [-0.39, 0.29) is 11.4 Å². The molecule has 0 radical (unpaired) electrons. The van der Waals surface area contributed by atoms with E-state index in [1.807, 2.05) is 0 Å². The third-order valence-electron chi connectivity index (χ3n) is 2.80. The zero-order chi connectivity index (χ0) is 15.0. The highest BCUT2D eigenvalue weighted by molar-refractivity contribution is 9.10. The van der Waals surface area contributed by atoms with Gasteiger partial charge in [-0.2, -0.15) is 4.39 Å². The quantitative estimate of drug-likeness (QED) is 0.620. The van der Waals surface area contributed by atoms with Gasteiger partial charge in [-0.3, -0.25) is 4.79 Å². The Morgan fingerprint density at radius 3 is 2.67 bits per heavy atom. The molecule has 3 N–H and O–H groups in total. The average Bonchev–Trinajstić information content (AvgIpc) is 2.78. The van der Waals surface area contributed by atoms with Crippen LogP contribution in [-0.4, -0.2) is 20.9 Å². The summed E-state index contributed by atoms with van der Waals surface area (Å²) >= 11 is 3.30. The Hall–Kier alpha value is -2.48. The summed E-state index contributed by atoms with van der Waals surface area (Å²) in [6.07, 6.45) is 0. The van der Waals surface area contributed by atoms with Gasteiger partial charge in [-0.15, -0.1) is 0 Å². The van der Waals surface area contributed by atoms with Gasteiger partial charge in [0.15, 0.2) is 0 Å². The number of amides is 1. The largest absolute Gasteiger partial charge is 0.323 e. The lowest BCUT2D eigenvalue weighted by atomic mass is 10.2. The fraction of sp³-hybridized carbons (Fsp3) is 0. The number of H-pyrrole nitrogens is 2. The average molecular weight is 351 g/mol. The van der Waals surface area contributed by atoms with E-state index in [0.717, 1.165) is 6.07 Å². The molecule has 1 aromatic carbocycles. The molecule has 0 aliphatic heterocycles. The maximum absolute atomic E-state index is 13.0. The predicted molar refractivity (Wildman–Crippen MR) is 78.8 cm³/mol. The predicted octanol–water partition coefficient (Wildman–Crippen LogP) is 2.41. The second-order valence-corrected chi connectivity index (χ2v) is 5.11. The molecule has 0 aliphatic rings. The number of imidazole rings is 1. The summed E-state index contributed by atoms with van der Waals surface area (Å²) in [4.78, 5) is 31.9. The minimum Gasteiger partial charge on any atom is -0.320 e. The van der Waals surface area contributed by atoms with Crippen molar-refractivity contribution < 1.29 is 9.18 Å². The number of pyridine rings is 1. The molecular formula is C13H8BrFN4O2. The van der Waals surface area contributed by atoms with Crippen LogP contribution >= 0.6 is 15.9 Å². The number of anilines is 1. The summed E-state index contributed by atoms with van der Waals surface area (Å²) in [5, 5.41) is 2.60. The number of carbonyl (C=O) groups excluding carboxylic acids is 1. The number of hydrogen-bond donors (Lipinski definition) is 3. The molecule has 8 heteroatoms. The monoisotopic (exact) mass is 350 g/mol. The number of rotatable bonds is 2. The van der Waals surface area contributed by atoms with Crippen LogP contribution in [0.1, 0.15) is 10.5 Å². The van der Waals surface area contributed by atoms with Gasteiger partial charge >= 0.3 is 5.69 Å². The molecular weight excluding hydrogens is 343 g/mol. The van der Waals surface area contributed by atoms with E-state index in [1.54, 1.807) is 12.1 Å². The smallest absolute Gasteiger partial charge is 0.320 e. The Balaban J connectivity index is 1.95. The van der Waals surface area contributed by atoms with E-state index >= 15 is 0 Å². The second kappa shape index (κ2) is 5.13. The molecule has 106 valence electrons. The Morgan fingerprint density at radius 2 is 1.95 bits per heavy atom. The van der Waals surface area contributed by atoms with Crippen LogP contribution in [0.2, 0.25) is 0 Å². The van der Waals surface area contributed by atoms with Crippen LogP contribution in [0.25, 0.3) is 11.0 Å². The number of nitrogens with one attached hydrogen (secondary N) is 3. The molecule has 0 atom stereocenters. The van der Waals surface area contributed by atoms with E-state index in [9.17, 15) is 14.0 Å². The zero-order valence-corrected chi connectivity index (χ0v) is 12.0. The highest BCUT2D eigenvalue weighted by atomic mass is 79.9. The summed E-state index contributed by atoms with van der Waals surface area (Å²) in [5.74, 6) is -1.28. The van der Waals surface area contributed by atoms with E-state index in [4.69, 9.17) is 0 Å². The number of aromatic amines is 2. The number of carbonyl (C=O) groups is 1. The van der Waals surface area contributed by atoms with Crippen LogP contribution in [0.5, 0.6) is 0 Å². The van der Waals surface area contributed by atoms with Gasteiger partial charge in [-0.05, 0) is 40.2 Å². The number of fused-ring (bicyclic) bond motifs is 1. The molecule has 0 bridgehead atoms. The molecule has 0 saturated heterocycles. The first-order valence-corrected chi connectivity index (χ1v) is 6.68. The summed E-state index contributed by atoms with van der Waals surface area (Å²) in [6.45, 7) is 0. The Kier molecular flexibility index (Phi) is 3.30. The van der Waals surface area contributed by atoms with Crippen molar-refractivity contribution >= 4 is 38.6 Å². The SMILES string of the molecule is O=C(Nc1cc2[nH]c(=O)[nH]c2cc1Br)c1cccc(F)n1. The molecule has 0 aliphatic carbocycles. The standard InChI is InChI=1S/C13H8BrFN4O2/c14-6-4-9-10(19-13(21)18-9)5-8(6)17-12(20)7-2-1-3-11(15)16-7/h1-5H,(H,17,20)(H2,18,19,21). The highest BCUT2D eigenvalue weighted by Crippen LogP contribution is 2.26. The first-order valence-electron chi connectivity index (χ1n) is 5.88. The number of aromatic nitrogens is 3. The first kappa shape index (κ1) is 13.5. The summed E-state index contributed by atoms with van der Waals surface area (Å²) in [5.41, 5.74) is 1.21. The molecule has 0 saturated carbocycles. The van der Waals surface area contributed by atoms with Crippen molar-refractivity contribution in [3.8, 4) is 0 Å². The van der Waals surface area contributed by atoms with E-state index in [0.29, 0.717) is 21.2 Å². The van der Waals surface area contributed by atoms with Crippen LogP contribution in [0.3, 0.4) is 0 Å². The van der Waals surface area contributed by atoms with Crippen LogP contribution in [-0.2, 0) is 0 Å². The summed E-state index contributed by atoms with van der Waals surface area (Å²) < 4.78 is 13.6. The zero-order valence-electron chi connectivity index (χ0n) is 10.4. The van der Waals surface area contributed by atoms with E-state index in [1.165, 1.54) is 12.1 Å². The first-order chi connectivity index (χ1) is 10.0. The van der Waals surface area contributed by atoms with Crippen LogP contribution in [0.4, 0.5) is 10.1 Å². The van der Waals surface area contributed by atoms with E-state index < -0.39 is 11.9 Å². The Labute approximate surface area is 125 Å². The fourth-order valence-corrected chi connectivity index (χ4v) is 2.32. The lowest BCUT2D eigenvalue weighted by molar-refractivity contribution is 0.102. The third kappa shape index (κ3) is 2.70. The Bertz CT molecular complexity index is 903. The number of benzene rings is 1. The number of halogens is 2. The molecule has 6 nitrogen and oxygen atoms in total. The second-order valence-electron chi connectivity index (χ2n) is 4.26. The van der Waals surface area contributed by atoms with Crippen molar-refractivity contribution in [1.29, 1.82) is 0 Å². The minimum atomic E-state index is -0.730. The lowest BCUT2D eigenvalue weighted by Crippen LogP contribution is -2.14. The van der Waals surface area contributed by atoms with Gasteiger partial charge in [0, 0.05) is 4.47 Å². The van der Waals surface area contributed by atoms with Crippen LogP contribution in [0.15, 0.2) is 39.6 Å².